The summed E-state index contributed by atoms with van der Waals surface area (Å²) in [6.07, 6.45) is 0.483. The average Bonchev–Trinajstić information content (AvgIpc) is 3.32. The molecule has 3 aliphatic rings. The normalized spacial score (nSPS) is 28.3. The highest BCUT2D eigenvalue weighted by Crippen LogP contribution is 2.55. The number of amides is 2. The van der Waals surface area contributed by atoms with Crippen LogP contribution in [0.2, 0.25) is 0 Å². The van der Waals surface area contributed by atoms with E-state index in [2.05, 4.69) is 15.9 Å². The highest BCUT2D eigenvalue weighted by molar-refractivity contribution is 9.10. The van der Waals surface area contributed by atoms with Gasteiger partial charge in [-0.05, 0) is 18.2 Å². The number of ether oxygens (including phenoxy) is 3. The van der Waals surface area contributed by atoms with E-state index in [0.717, 1.165) is 18.7 Å². The molecule has 2 amide bonds. The summed E-state index contributed by atoms with van der Waals surface area (Å²) in [7, 11) is 0. The first-order valence-electron chi connectivity index (χ1n) is 9.10. The minimum Gasteiger partial charge on any atom is -0.422 e. The number of nitro benzene ring substituents is 1. The molecule has 0 unspecified atom stereocenters. The van der Waals surface area contributed by atoms with Crippen LogP contribution in [0.5, 0.6) is 0 Å². The maximum atomic E-state index is 13.4. The van der Waals surface area contributed by atoms with E-state index in [0.29, 0.717) is 4.47 Å². The van der Waals surface area contributed by atoms with Gasteiger partial charge >= 0.3 is 11.9 Å². The Bertz CT molecular complexity index is 1050. The van der Waals surface area contributed by atoms with Crippen LogP contribution in [0, 0.1) is 22.0 Å². The van der Waals surface area contributed by atoms with Gasteiger partial charge in [0.25, 0.3) is 12.0 Å². The van der Waals surface area contributed by atoms with Crippen molar-refractivity contribution >= 4 is 51.1 Å². The van der Waals surface area contributed by atoms with E-state index >= 15 is 0 Å². The van der Waals surface area contributed by atoms with Crippen LogP contribution < -0.4 is 4.90 Å². The maximum absolute atomic E-state index is 13.4. The molecule has 12 heteroatoms. The Morgan fingerprint density at radius 1 is 1.23 bits per heavy atom. The van der Waals surface area contributed by atoms with Crippen molar-refractivity contribution in [1.82, 2.24) is 0 Å². The molecular weight excluding hydrogens is 480 g/mol. The van der Waals surface area contributed by atoms with E-state index in [-0.39, 0.29) is 5.69 Å². The number of nitro groups is 1. The molecule has 31 heavy (non-hydrogen) atoms. The number of fused-ring (bicyclic) bond motifs is 5. The minimum atomic E-state index is -1.72. The van der Waals surface area contributed by atoms with Crippen LogP contribution >= 0.6 is 15.9 Å². The Labute approximate surface area is 183 Å². The second kappa shape index (κ2) is 7.24. The van der Waals surface area contributed by atoms with Crippen LogP contribution in [-0.4, -0.2) is 46.7 Å². The molecule has 0 aromatic heterocycles. The highest BCUT2D eigenvalue weighted by atomic mass is 79.9. The third-order valence-electron chi connectivity index (χ3n) is 5.37. The molecule has 162 valence electrons. The fraction of sp³-hybridized carbons (Fsp3) is 0.368. The summed E-state index contributed by atoms with van der Waals surface area (Å²) < 4.78 is 16.5. The third kappa shape index (κ3) is 3.13. The van der Waals surface area contributed by atoms with E-state index in [1.165, 1.54) is 30.4 Å². The Morgan fingerprint density at radius 3 is 2.45 bits per heavy atom. The van der Waals surface area contributed by atoms with E-state index in [1.807, 2.05) is 0 Å². The lowest BCUT2D eigenvalue weighted by atomic mass is 9.76. The number of anilines is 1. The van der Waals surface area contributed by atoms with Crippen molar-refractivity contribution in [3.63, 3.8) is 0 Å². The summed E-state index contributed by atoms with van der Waals surface area (Å²) in [6, 6.07) is 3.94. The number of benzene rings is 1. The largest absolute Gasteiger partial charge is 0.422 e. The van der Waals surface area contributed by atoms with Gasteiger partial charge in [0.1, 0.15) is 5.69 Å². The summed E-state index contributed by atoms with van der Waals surface area (Å²) in [6.45, 7) is 2.18. The zero-order chi connectivity index (χ0) is 22.7. The van der Waals surface area contributed by atoms with Gasteiger partial charge in [-0.3, -0.25) is 29.3 Å². The molecule has 2 fully saturated rings. The molecule has 4 atom stereocenters. The smallest absolute Gasteiger partial charge is 0.305 e. The zero-order valence-electron chi connectivity index (χ0n) is 16.1. The lowest BCUT2D eigenvalue weighted by Gasteiger charge is -2.34. The number of rotatable bonds is 5. The molecule has 0 radical (unpaired) electrons. The number of carbonyl (C=O) groups excluding carboxylic acids is 4. The Balaban J connectivity index is 1.79. The van der Waals surface area contributed by atoms with Crippen LogP contribution in [0.4, 0.5) is 11.4 Å². The number of nitrogens with zero attached hydrogens (tertiary/aromatic N) is 2. The first-order valence-corrected chi connectivity index (χ1v) is 9.89. The average molecular weight is 495 g/mol. The van der Waals surface area contributed by atoms with Crippen molar-refractivity contribution < 1.29 is 38.3 Å². The van der Waals surface area contributed by atoms with Crippen molar-refractivity contribution in [2.24, 2.45) is 11.8 Å². The van der Waals surface area contributed by atoms with Crippen molar-refractivity contribution in [3.8, 4) is 0 Å². The van der Waals surface area contributed by atoms with Crippen LogP contribution in [0.3, 0.4) is 0 Å². The molecule has 4 rings (SSSR count). The Kier molecular flexibility index (Phi) is 4.93. The molecule has 3 heterocycles. The van der Waals surface area contributed by atoms with Gasteiger partial charge in [0.15, 0.2) is 5.60 Å². The fourth-order valence-electron chi connectivity index (χ4n) is 4.29. The molecule has 11 nitrogen and oxygen atoms in total. The molecule has 2 saturated heterocycles. The molecule has 3 aliphatic heterocycles. The lowest BCUT2D eigenvalue weighted by Crippen LogP contribution is -2.52. The molecule has 0 saturated carbocycles. The predicted octanol–water partition coefficient (Wildman–Crippen LogP) is 1.62. The number of halogens is 1. The Hall–Kier alpha value is -3.12. The number of imide groups is 1. The topological polar surface area (TPSA) is 142 Å². The third-order valence-corrected chi connectivity index (χ3v) is 5.86. The molecule has 0 aliphatic carbocycles. The molecule has 0 spiro atoms. The van der Waals surface area contributed by atoms with E-state index in [4.69, 9.17) is 14.2 Å². The summed E-state index contributed by atoms with van der Waals surface area (Å²) in [4.78, 5) is 61.4. The van der Waals surface area contributed by atoms with Crippen LogP contribution in [0.15, 0.2) is 34.8 Å². The summed E-state index contributed by atoms with van der Waals surface area (Å²) in [5.41, 5.74) is -2.36. The predicted molar refractivity (Wildman–Crippen MR) is 104 cm³/mol. The quantitative estimate of drug-likeness (QED) is 0.149. The molecule has 1 aromatic rings. The first kappa shape index (κ1) is 21.1. The summed E-state index contributed by atoms with van der Waals surface area (Å²) in [5.74, 6) is -5.28. The fourth-order valence-corrected chi connectivity index (χ4v) is 4.64. The van der Waals surface area contributed by atoms with E-state index < -0.39 is 64.2 Å². The van der Waals surface area contributed by atoms with Gasteiger partial charge in [-0.1, -0.05) is 22.0 Å². The molecule has 2 bridgehead atoms. The van der Waals surface area contributed by atoms with Crippen LogP contribution in [0.1, 0.15) is 13.8 Å². The maximum Gasteiger partial charge on any atom is 0.305 e. The monoisotopic (exact) mass is 494 g/mol. The van der Waals surface area contributed by atoms with Gasteiger partial charge in [-0.25, -0.2) is 4.90 Å². The number of carbonyl (C=O) groups is 4. The molecular formula is C19H15BrN2O9. The van der Waals surface area contributed by atoms with Crippen molar-refractivity contribution in [1.29, 1.82) is 0 Å². The zero-order valence-corrected chi connectivity index (χ0v) is 17.7. The molecule has 1 aromatic carbocycles. The van der Waals surface area contributed by atoms with Crippen LogP contribution in [-0.2, 0) is 33.4 Å². The van der Waals surface area contributed by atoms with Gasteiger partial charge in [-0.2, -0.15) is 0 Å². The van der Waals surface area contributed by atoms with Gasteiger partial charge in [0, 0.05) is 24.4 Å². The summed E-state index contributed by atoms with van der Waals surface area (Å²) in [5, 5.41) is 11.5. The second-order valence-electron chi connectivity index (χ2n) is 7.25. The van der Waals surface area contributed by atoms with Gasteiger partial charge < -0.3 is 14.2 Å². The number of hydrogen-bond acceptors (Lipinski definition) is 9. The summed E-state index contributed by atoms with van der Waals surface area (Å²) >= 11 is 3.13. The van der Waals surface area contributed by atoms with Crippen LogP contribution in [0.25, 0.3) is 0 Å². The molecule has 0 N–H and O–H groups in total. The van der Waals surface area contributed by atoms with Gasteiger partial charge in [0.05, 0.1) is 22.9 Å². The van der Waals surface area contributed by atoms with E-state index in [9.17, 15) is 29.3 Å². The van der Waals surface area contributed by atoms with Gasteiger partial charge in [-0.15, -0.1) is 0 Å². The van der Waals surface area contributed by atoms with Crippen molar-refractivity contribution in [2.75, 3.05) is 4.90 Å². The minimum absolute atomic E-state index is 0.191. The van der Waals surface area contributed by atoms with Gasteiger partial charge in [0.2, 0.25) is 11.8 Å². The lowest BCUT2D eigenvalue weighted by molar-refractivity contribution is -0.384. The number of esters is 2. The standard InChI is InChI=1S/C19H15BrN2O9/c1-8(23)29-18(30-9(2)24)19-6-5-13(31-19)14-15(19)17(26)21(16(14)25)11-4-3-10(20)7-12(11)22(27)28/h3-7,13-15,18H,1-2H3/t13-,14-,15-,19+/m1/s1. The van der Waals surface area contributed by atoms with E-state index in [1.54, 1.807) is 0 Å². The van der Waals surface area contributed by atoms with Crippen molar-refractivity contribution in [3.05, 3.63) is 44.9 Å². The second-order valence-corrected chi connectivity index (χ2v) is 8.17. The highest BCUT2D eigenvalue weighted by Gasteiger charge is 2.72. The Morgan fingerprint density at radius 2 is 1.87 bits per heavy atom. The first-order chi connectivity index (χ1) is 14.6. The van der Waals surface area contributed by atoms with Crippen molar-refractivity contribution in [2.45, 2.75) is 31.8 Å². The number of hydrogen-bond donors (Lipinski definition) is 0. The SMILES string of the molecule is CC(=O)OC(OC(C)=O)[C@@]12C=C[C@@H](O1)[C@H]1C(=O)N(c3ccc(Br)cc3[N+](=O)[O-])C(=O)[C@@H]12.